The largest absolute Gasteiger partial charge is 0.384 e. The lowest BCUT2D eigenvalue weighted by atomic mass is 10.1. The van der Waals surface area contributed by atoms with Crippen LogP contribution in [0, 0.1) is 0 Å². The Bertz CT molecular complexity index is 688. The van der Waals surface area contributed by atoms with Gasteiger partial charge in [-0.15, -0.1) is 0 Å². The molecule has 1 atom stereocenters. The first kappa shape index (κ1) is 18.4. The van der Waals surface area contributed by atoms with Crippen LogP contribution in [0.5, 0.6) is 0 Å². The van der Waals surface area contributed by atoms with Gasteiger partial charge in [-0.2, -0.15) is 16.9 Å². The summed E-state index contributed by atoms with van der Waals surface area (Å²) in [7, 11) is 0. The number of aromatic nitrogens is 2. The molecule has 2 fully saturated rings. The Hall–Kier alpha value is -0.930. The van der Waals surface area contributed by atoms with Crippen LogP contribution in [0.25, 0.3) is 0 Å². The molecule has 144 valence electrons. The van der Waals surface area contributed by atoms with E-state index in [0.29, 0.717) is 39.5 Å². The van der Waals surface area contributed by atoms with Gasteiger partial charge in [0, 0.05) is 30.8 Å². The molecule has 1 aromatic heterocycles. The van der Waals surface area contributed by atoms with Crippen molar-refractivity contribution in [2.24, 2.45) is 0 Å². The van der Waals surface area contributed by atoms with Gasteiger partial charge in [0.15, 0.2) is 0 Å². The number of hydrogen-bond donors (Lipinski definition) is 1. The van der Waals surface area contributed by atoms with Gasteiger partial charge < -0.3 is 14.6 Å². The minimum atomic E-state index is -0.982. The Balaban J connectivity index is 1.46. The van der Waals surface area contributed by atoms with E-state index in [0.717, 1.165) is 48.6 Å². The van der Waals surface area contributed by atoms with E-state index >= 15 is 0 Å². The first-order valence-corrected chi connectivity index (χ1v) is 10.6. The molecule has 0 saturated carbocycles. The molecule has 4 rings (SSSR count). The van der Waals surface area contributed by atoms with Gasteiger partial charge in [0.2, 0.25) is 0 Å². The maximum Gasteiger partial charge on any atom is 0.267 e. The summed E-state index contributed by atoms with van der Waals surface area (Å²) in [6, 6.07) is 1.97. The average molecular weight is 381 g/mol. The Morgan fingerprint density at radius 1 is 1.35 bits per heavy atom. The van der Waals surface area contributed by atoms with Crippen molar-refractivity contribution in [2.75, 3.05) is 45.3 Å². The molecule has 3 aliphatic rings. The summed E-state index contributed by atoms with van der Waals surface area (Å²) in [5.74, 6) is 1.96. The molecule has 3 aliphatic heterocycles. The molecule has 1 unspecified atom stereocenters. The molecule has 0 radical (unpaired) electrons. The number of aryl methyl sites for hydroxylation is 1. The van der Waals surface area contributed by atoms with Crippen LogP contribution >= 0.6 is 11.8 Å². The van der Waals surface area contributed by atoms with Crippen LogP contribution in [0.1, 0.15) is 24.1 Å². The average Bonchev–Trinajstić information content (AvgIpc) is 2.93. The van der Waals surface area contributed by atoms with Gasteiger partial charge >= 0.3 is 0 Å². The molecule has 0 spiro atoms. The molecule has 1 N–H and O–H groups in total. The Labute approximate surface area is 157 Å². The molecule has 1 aromatic rings. The van der Waals surface area contributed by atoms with Crippen LogP contribution in [0.4, 0.5) is 0 Å². The molecule has 0 bridgehead atoms. The van der Waals surface area contributed by atoms with Crippen LogP contribution in [0.3, 0.4) is 0 Å². The van der Waals surface area contributed by atoms with Gasteiger partial charge in [-0.3, -0.25) is 9.69 Å². The van der Waals surface area contributed by atoms with Gasteiger partial charge in [-0.05, 0) is 30.7 Å². The highest BCUT2D eigenvalue weighted by Gasteiger charge is 2.36. The van der Waals surface area contributed by atoms with E-state index in [-0.39, 0.29) is 11.6 Å². The third kappa shape index (κ3) is 4.14. The number of thioether (sulfide) groups is 1. The number of rotatable bonds is 4. The third-order valence-corrected chi connectivity index (χ3v) is 6.41. The van der Waals surface area contributed by atoms with Crippen molar-refractivity contribution in [3.63, 3.8) is 0 Å². The summed E-state index contributed by atoms with van der Waals surface area (Å²) in [4.78, 5) is 14.7. The van der Waals surface area contributed by atoms with Crippen molar-refractivity contribution in [3.8, 4) is 0 Å². The second-order valence-electron chi connectivity index (χ2n) is 7.54. The minimum absolute atomic E-state index is 0.0158. The van der Waals surface area contributed by atoms with E-state index in [1.165, 1.54) is 0 Å². The third-order valence-electron chi connectivity index (χ3n) is 5.40. The topological polar surface area (TPSA) is 76.8 Å². The fourth-order valence-electron chi connectivity index (χ4n) is 4.05. The zero-order valence-corrected chi connectivity index (χ0v) is 15.9. The summed E-state index contributed by atoms with van der Waals surface area (Å²) in [5, 5.41) is 15.5. The fourth-order valence-corrected chi connectivity index (χ4v) is 5.00. The van der Waals surface area contributed by atoms with E-state index < -0.39 is 5.60 Å². The first-order valence-electron chi connectivity index (χ1n) is 9.43. The quantitative estimate of drug-likeness (QED) is 0.802. The molecule has 7 nitrogen and oxygen atoms in total. The first-order chi connectivity index (χ1) is 12.6. The molecule has 0 aromatic carbocycles. The number of likely N-dealkylation sites (tertiary alicyclic amines) is 1. The van der Waals surface area contributed by atoms with E-state index in [2.05, 4.69) is 10.00 Å². The molecular weight excluding hydrogens is 354 g/mol. The molecule has 26 heavy (non-hydrogen) atoms. The summed E-state index contributed by atoms with van der Waals surface area (Å²) in [6.07, 6.45) is 3.01. The van der Waals surface area contributed by atoms with Gasteiger partial charge in [0.1, 0.15) is 5.60 Å². The minimum Gasteiger partial charge on any atom is -0.384 e. The lowest BCUT2D eigenvalue weighted by Gasteiger charge is -2.33. The van der Waals surface area contributed by atoms with Crippen molar-refractivity contribution in [2.45, 2.75) is 43.2 Å². The number of aliphatic hydroxyl groups is 1. The Morgan fingerprint density at radius 2 is 2.15 bits per heavy atom. The lowest BCUT2D eigenvalue weighted by molar-refractivity contribution is -0.0768. The number of nitrogens with zero attached hydrogens (tertiary/aromatic N) is 3. The lowest BCUT2D eigenvalue weighted by Crippen LogP contribution is -2.51. The van der Waals surface area contributed by atoms with Gasteiger partial charge in [-0.25, -0.2) is 4.68 Å². The maximum absolute atomic E-state index is 12.5. The standard InChI is InChI=1S/C18H27N3O4S/c22-17-8-14-10-26-7-3-16(14)19-21(17)9-15-2-1-4-20(15)11-18(23)12-24-5-6-25-13-18/h8,15,23H,1-7,9-13H2. The molecule has 0 amide bonds. The summed E-state index contributed by atoms with van der Waals surface area (Å²) >= 11 is 1.86. The molecule has 4 heterocycles. The van der Waals surface area contributed by atoms with Crippen molar-refractivity contribution in [1.29, 1.82) is 0 Å². The molecule has 8 heteroatoms. The van der Waals surface area contributed by atoms with Crippen LogP contribution in [0.2, 0.25) is 0 Å². The highest BCUT2D eigenvalue weighted by molar-refractivity contribution is 7.98. The van der Waals surface area contributed by atoms with E-state index in [9.17, 15) is 9.90 Å². The number of ether oxygens (including phenoxy) is 2. The number of fused-ring (bicyclic) bond motifs is 1. The zero-order chi connectivity index (χ0) is 18.0. The van der Waals surface area contributed by atoms with Crippen LogP contribution < -0.4 is 5.56 Å². The van der Waals surface area contributed by atoms with Gasteiger partial charge in [0.25, 0.3) is 5.56 Å². The monoisotopic (exact) mass is 381 g/mol. The zero-order valence-electron chi connectivity index (χ0n) is 15.1. The van der Waals surface area contributed by atoms with Crippen molar-refractivity contribution in [3.05, 3.63) is 27.7 Å². The summed E-state index contributed by atoms with van der Waals surface area (Å²) in [5.41, 5.74) is 1.16. The number of β-amino-alcohol motifs (C(OH)–C–C–N with tert-alkyl or cyclic N) is 1. The van der Waals surface area contributed by atoms with Crippen LogP contribution in [-0.2, 0) is 28.2 Å². The van der Waals surface area contributed by atoms with Crippen molar-refractivity contribution >= 4 is 11.8 Å². The smallest absolute Gasteiger partial charge is 0.267 e. The Kier molecular flexibility index (Phi) is 5.66. The molecular formula is C18H27N3O4S. The SMILES string of the molecule is O=c1cc2c(nn1CC1CCCN1CC1(O)COCCOC1)CCSC2. The second-order valence-corrected chi connectivity index (χ2v) is 8.64. The normalized spacial score (nSPS) is 26.4. The second kappa shape index (κ2) is 7.98. The van der Waals surface area contributed by atoms with E-state index in [1.807, 2.05) is 11.8 Å². The summed E-state index contributed by atoms with van der Waals surface area (Å²) < 4.78 is 12.6. The van der Waals surface area contributed by atoms with Gasteiger partial charge in [0.05, 0.1) is 38.7 Å². The fraction of sp³-hybridized carbons (Fsp3) is 0.778. The van der Waals surface area contributed by atoms with Crippen molar-refractivity contribution < 1.29 is 14.6 Å². The number of hydrogen-bond acceptors (Lipinski definition) is 7. The highest BCUT2D eigenvalue weighted by atomic mass is 32.2. The maximum atomic E-state index is 12.5. The predicted molar refractivity (Wildman–Crippen MR) is 99.5 cm³/mol. The van der Waals surface area contributed by atoms with E-state index in [1.54, 1.807) is 10.7 Å². The van der Waals surface area contributed by atoms with Crippen LogP contribution in [0.15, 0.2) is 10.9 Å². The van der Waals surface area contributed by atoms with Crippen molar-refractivity contribution in [1.82, 2.24) is 14.7 Å². The van der Waals surface area contributed by atoms with E-state index in [4.69, 9.17) is 9.47 Å². The molecule has 0 aliphatic carbocycles. The summed E-state index contributed by atoms with van der Waals surface area (Å²) in [6.45, 7) is 3.65. The van der Waals surface area contributed by atoms with Gasteiger partial charge in [-0.1, -0.05) is 0 Å². The van der Waals surface area contributed by atoms with Crippen LogP contribution in [-0.4, -0.2) is 76.7 Å². The molecule has 2 saturated heterocycles. The predicted octanol–water partition coefficient (Wildman–Crippen LogP) is 0.275. The Morgan fingerprint density at radius 3 is 2.96 bits per heavy atom. The highest BCUT2D eigenvalue weighted by Crippen LogP contribution is 2.24.